The van der Waals surface area contributed by atoms with Gasteiger partial charge in [0.05, 0.1) is 5.56 Å². The zero-order chi connectivity index (χ0) is 25.7. The SMILES string of the molecule is CC#Cc1c(F)cc(-c2ccc(-c3ccc(C#Cc4ccc(CCC)cc4)cc3F)cc2F)cc1F. The zero-order valence-electron chi connectivity index (χ0n) is 19.9. The standard InChI is InChI=1S/C32H22F4/c1-3-5-21-7-9-22(10-8-21)11-12-23-13-15-26(29(33)17-23)24-14-16-27(30(34)18-24)25-19-31(35)28(6-4-2)32(36)20-25/h7-10,13-20H,3,5H2,1-2H3. The number of rotatable bonds is 4. The smallest absolute Gasteiger partial charge is 0.142 e. The first kappa shape index (κ1) is 24.8. The normalized spacial score (nSPS) is 10.3. The first-order chi connectivity index (χ1) is 17.4. The molecule has 0 aromatic heterocycles. The predicted molar refractivity (Wildman–Crippen MR) is 136 cm³/mol. The average molecular weight is 483 g/mol. The summed E-state index contributed by atoms with van der Waals surface area (Å²) in [4.78, 5) is 0. The van der Waals surface area contributed by atoms with Crippen molar-refractivity contribution in [2.45, 2.75) is 26.7 Å². The topological polar surface area (TPSA) is 0 Å². The van der Waals surface area contributed by atoms with Crippen molar-refractivity contribution < 1.29 is 17.6 Å². The van der Waals surface area contributed by atoms with Crippen molar-refractivity contribution in [1.29, 1.82) is 0 Å². The second kappa shape index (κ2) is 11.0. The Hall–Kier alpha value is -4.28. The van der Waals surface area contributed by atoms with Gasteiger partial charge in [-0.05, 0) is 72.5 Å². The van der Waals surface area contributed by atoms with Crippen LogP contribution in [0.4, 0.5) is 17.6 Å². The summed E-state index contributed by atoms with van der Waals surface area (Å²) in [6.07, 6.45) is 2.08. The van der Waals surface area contributed by atoms with Gasteiger partial charge in [-0.2, -0.15) is 0 Å². The fraction of sp³-hybridized carbons (Fsp3) is 0.125. The molecule has 36 heavy (non-hydrogen) atoms. The molecule has 0 unspecified atom stereocenters. The van der Waals surface area contributed by atoms with Crippen LogP contribution in [0.2, 0.25) is 0 Å². The third-order valence-electron chi connectivity index (χ3n) is 5.70. The van der Waals surface area contributed by atoms with Crippen LogP contribution in [0, 0.1) is 47.0 Å². The van der Waals surface area contributed by atoms with Gasteiger partial charge in [-0.25, -0.2) is 17.6 Å². The number of hydrogen-bond donors (Lipinski definition) is 0. The first-order valence-electron chi connectivity index (χ1n) is 11.5. The highest BCUT2D eigenvalue weighted by Gasteiger charge is 2.15. The van der Waals surface area contributed by atoms with Gasteiger partial charge in [-0.3, -0.25) is 0 Å². The Morgan fingerprint density at radius 2 is 1.14 bits per heavy atom. The maximum atomic E-state index is 14.9. The van der Waals surface area contributed by atoms with Gasteiger partial charge in [-0.15, -0.1) is 5.92 Å². The van der Waals surface area contributed by atoms with Crippen LogP contribution in [-0.4, -0.2) is 0 Å². The molecule has 0 heterocycles. The van der Waals surface area contributed by atoms with Crippen molar-refractivity contribution >= 4 is 0 Å². The Kier molecular flexibility index (Phi) is 7.57. The number of aryl methyl sites for hydroxylation is 1. The summed E-state index contributed by atoms with van der Waals surface area (Å²) in [5, 5.41) is 0. The van der Waals surface area contributed by atoms with E-state index in [4.69, 9.17) is 0 Å². The van der Waals surface area contributed by atoms with Crippen molar-refractivity contribution in [3.8, 4) is 45.9 Å². The number of halogens is 4. The van der Waals surface area contributed by atoms with E-state index in [1.807, 2.05) is 24.3 Å². The minimum absolute atomic E-state index is 0.000378. The Morgan fingerprint density at radius 1 is 0.583 bits per heavy atom. The second-order valence-electron chi connectivity index (χ2n) is 8.28. The molecular weight excluding hydrogens is 460 g/mol. The van der Waals surface area contributed by atoms with Crippen LogP contribution in [-0.2, 0) is 6.42 Å². The van der Waals surface area contributed by atoms with Crippen molar-refractivity contribution in [1.82, 2.24) is 0 Å². The first-order valence-corrected chi connectivity index (χ1v) is 11.5. The summed E-state index contributed by atoms with van der Waals surface area (Å²) in [6, 6.07) is 18.6. The Bertz CT molecular complexity index is 1520. The molecule has 0 N–H and O–H groups in total. The second-order valence-corrected chi connectivity index (χ2v) is 8.28. The molecule has 0 saturated heterocycles. The van der Waals surface area contributed by atoms with Gasteiger partial charge in [0.1, 0.15) is 23.3 Å². The molecule has 4 heteroatoms. The fourth-order valence-electron chi connectivity index (χ4n) is 3.90. The van der Waals surface area contributed by atoms with E-state index in [0.717, 1.165) is 36.6 Å². The van der Waals surface area contributed by atoms with Crippen LogP contribution in [0.15, 0.2) is 72.8 Å². The molecule has 0 aliphatic heterocycles. The van der Waals surface area contributed by atoms with Crippen LogP contribution in [0.25, 0.3) is 22.3 Å². The van der Waals surface area contributed by atoms with Crippen molar-refractivity contribution in [3.63, 3.8) is 0 Å². The summed E-state index contributed by atoms with van der Waals surface area (Å²) in [5.41, 5.74) is 2.73. The van der Waals surface area contributed by atoms with Gasteiger partial charge in [-0.1, -0.05) is 61.4 Å². The molecule has 0 saturated carbocycles. The van der Waals surface area contributed by atoms with Crippen molar-refractivity contribution in [3.05, 3.63) is 118 Å². The lowest BCUT2D eigenvalue weighted by molar-refractivity contribution is 0.577. The highest BCUT2D eigenvalue weighted by atomic mass is 19.1. The van der Waals surface area contributed by atoms with E-state index in [2.05, 4.69) is 30.6 Å². The predicted octanol–water partition coefficient (Wildman–Crippen LogP) is 8.30. The molecular formula is C32H22F4. The summed E-state index contributed by atoms with van der Waals surface area (Å²) in [7, 11) is 0. The van der Waals surface area contributed by atoms with Gasteiger partial charge >= 0.3 is 0 Å². The number of benzene rings is 4. The maximum Gasteiger partial charge on any atom is 0.142 e. The number of hydrogen-bond acceptors (Lipinski definition) is 0. The van der Waals surface area contributed by atoms with Gasteiger partial charge in [0.15, 0.2) is 0 Å². The molecule has 0 aliphatic carbocycles. The molecule has 4 rings (SSSR count). The average Bonchev–Trinajstić information content (AvgIpc) is 2.86. The minimum Gasteiger partial charge on any atom is -0.206 e. The van der Waals surface area contributed by atoms with E-state index >= 15 is 0 Å². The fourth-order valence-corrected chi connectivity index (χ4v) is 3.90. The van der Waals surface area contributed by atoms with E-state index in [1.165, 1.54) is 36.8 Å². The lowest BCUT2D eigenvalue weighted by Gasteiger charge is -2.09. The summed E-state index contributed by atoms with van der Waals surface area (Å²) >= 11 is 0. The van der Waals surface area contributed by atoms with Crippen molar-refractivity contribution in [2.24, 2.45) is 0 Å². The Morgan fingerprint density at radius 3 is 1.75 bits per heavy atom. The van der Waals surface area contributed by atoms with E-state index in [9.17, 15) is 17.6 Å². The van der Waals surface area contributed by atoms with Gasteiger partial charge < -0.3 is 0 Å². The summed E-state index contributed by atoms with van der Waals surface area (Å²) < 4.78 is 58.3. The van der Waals surface area contributed by atoms with E-state index in [0.29, 0.717) is 11.1 Å². The molecule has 0 amide bonds. The summed E-state index contributed by atoms with van der Waals surface area (Å²) in [6.45, 7) is 3.59. The molecule has 0 fully saturated rings. The third-order valence-corrected chi connectivity index (χ3v) is 5.70. The lowest BCUT2D eigenvalue weighted by atomic mass is 9.97. The highest BCUT2D eigenvalue weighted by Crippen LogP contribution is 2.31. The molecule has 0 bridgehead atoms. The molecule has 0 radical (unpaired) electrons. The molecule has 0 aliphatic rings. The highest BCUT2D eigenvalue weighted by molar-refractivity contribution is 5.72. The Labute approximate surface area is 208 Å². The molecule has 178 valence electrons. The lowest BCUT2D eigenvalue weighted by Crippen LogP contribution is -1.94. The van der Waals surface area contributed by atoms with E-state index in [1.54, 1.807) is 6.07 Å². The molecule has 0 atom stereocenters. The molecule has 4 aromatic carbocycles. The zero-order valence-corrected chi connectivity index (χ0v) is 19.9. The van der Waals surface area contributed by atoms with Gasteiger partial charge in [0, 0.05) is 22.3 Å². The van der Waals surface area contributed by atoms with E-state index < -0.39 is 23.3 Å². The van der Waals surface area contributed by atoms with Crippen LogP contribution in [0.5, 0.6) is 0 Å². The van der Waals surface area contributed by atoms with Crippen LogP contribution >= 0.6 is 0 Å². The van der Waals surface area contributed by atoms with Gasteiger partial charge in [0.25, 0.3) is 0 Å². The Balaban J connectivity index is 1.59. The molecule has 0 spiro atoms. The van der Waals surface area contributed by atoms with Crippen LogP contribution < -0.4 is 0 Å². The largest absolute Gasteiger partial charge is 0.206 e. The molecule has 0 nitrogen and oxygen atoms in total. The quantitative estimate of drug-likeness (QED) is 0.203. The third kappa shape index (κ3) is 5.51. The maximum absolute atomic E-state index is 14.9. The van der Waals surface area contributed by atoms with E-state index in [-0.39, 0.29) is 22.3 Å². The summed E-state index contributed by atoms with van der Waals surface area (Å²) in [5.74, 6) is 7.76. The van der Waals surface area contributed by atoms with Crippen molar-refractivity contribution in [2.75, 3.05) is 0 Å². The molecule has 4 aromatic rings. The van der Waals surface area contributed by atoms with Crippen LogP contribution in [0.1, 0.15) is 42.5 Å². The monoisotopic (exact) mass is 482 g/mol. The van der Waals surface area contributed by atoms with Crippen LogP contribution in [0.3, 0.4) is 0 Å². The van der Waals surface area contributed by atoms with Gasteiger partial charge in [0.2, 0.25) is 0 Å². The minimum atomic E-state index is -0.873.